The highest BCUT2D eigenvalue weighted by Gasteiger charge is 2.14. The molecule has 3 N–H and O–H groups in total. The molecule has 0 aliphatic rings. The van der Waals surface area contributed by atoms with E-state index in [-0.39, 0.29) is 5.75 Å². The van der Waals surface area contributed by atoms with Crippen LogP contribution >= 0.6 is 0 Å². The third kappa shape index (κ3) is 4.35. The summed E-state index contributed by atoms with van der Waals surface area (Å²) in [7, 11) is 0. The zero-order valence-corrected chi connectivity index (χ0v) is 12.0. The molecule has 0 saturated heterocycles. The maximum atomic E-state index is 11.0. The predicted octanol–water partition coefficient (Wildman–Crippen LogP) is 3.53. The number of phenolic OH excluding ortho intramolecular Hbond substituents is 1. The van der Waals surface area contributed by atoms with Crippen LogP contribution in [0.4, 0.5) is 0 Å². The number of carbonyl (C=O) groups is 1. The van der Waals surface area contributed by atoms with E-state index in [9.17, 15) is 9.90 Å². The average Bonchev–Trinajstić information content (AvgIpc) is 2.42. The van der Waals surface area contributed by atoms with Gasteiger partial charge in [-0.3, -0.25) is 4.79 Å². The van der Waals surface area contributed by atoms with Gasteiger partial charge < -0.3 is 10.8 Å². The van der Waals surface area contributed by atoms with Gasteiger partial charge in [-0.1, -0.05) is 25.8 Å². The van der Waals surface area contributed by atoms with Gasteiger partial charge in [0.2, 0.25) is 0 Å². The summed E-state index contributed by atoms with van der Waals surface area (Å²) in [5, 5.41) is 9.80. The van der Waals surface area contributed by atoms with Crippen LogP contribution in [0.2, 0.25) is 0 Å². The van der Waals surface area contributed by atoms with Crippen LogP contribution in [0.1, 0.15) is 66.4 Å². The van der Waals surface area contributed by atoms with Crippen LogP contribution in [0, 0.1) is 6.92 Å². The second-order valence-electron chi connectivity index (χ2n) is 5.16. The van der Waals surface area contributed by atoms with Gasteiger partial charge >= 0.3 is 0 Å². The Labute approximate surface area is 115 Å². The molecule has 0 heterocycles. The largest absolute Gasteiger partial charge is 0.507 e. The van der Waals surface area contributed by atoms with Gasteiger partial charge in [0.1, 0.15) is 5.75 Å². The Morgan fingerprint density at radius 3 is 2.58 bits per heavy atom. The van der Waals surface area contributed by atoms with Crippen LogP contribution in [-0.4, -0.2) is 17.9 Å². The molecule has 3 heteroatoms. The molecule has 0 saturated carbocycles. The highest BCUT2D eigenvalue weighted by atomic mass is 16.3. The van der Waals surface area contributed by atoms with Gasteiger partial charge in [0, 0.05) is 0 Å². The summed E-state index contributed by atoms with van der Waals surface area (Å²) in [5.41, 5.74) is 7.91. The smallest absolute Gasteiger partial charge is 0.153 e. The van der Waals surface area contributed by atoms with Gasteiger partial charge in [-0.2, -0.15) is 0 Å². The molecule has 0 amide bonds. The highest BCUT2D eigenvalue weighted by molar-refractivity contribution is 5.80. The molecule has 1 rings (SSSR count). The van der Waals surface area contributed by atoms with Crippen molar-refractivity contribution in [2.75, 3.05) is 6.54 Å². The van der Waals surface area contributed by atoms with Crippen molar-refractivity contribution in [3.05, 3.63) is 28.8 Å². The van der Waals surface area contributed by atoms with E-state index >= 15 is 0 Å². The molecule has 0 bridgehead atoms. The van der Waals surface area contributed by atoms with E-state index in [1.807, 2.05) is 19.1 Å². The van der Waals surface area contributed by atoms with Crippen molar-refractivity contribution in [1.29, 1.82) is 0 Å². The first-order chi connectivity index (χ1) is 9.13. The molecular weight excluding hydrogens is 238 g/mol. The molecule has 19 heavy (non-hydrogen) atoms. The quantitative estimate of drug-likeness (QED) is 0.705. The minimum absolute atomic E-state index is 0.104. The molecule has 3 nitrogen and oxygen atoms in total. The fraction of sp³-hybridized carbons (Fsp3) is 0.562. The van der Waals surface area contributed by atoms with Gasteiger partial charge in [-0.15, -0.1) is 0 Å². The maximum Gasteiger partial charge on any atom is 0.153 e. The predicted molar refractivity (Wildman–Crippen MR) is 78.8 cm³/mol. The Morgan fingerprint density at radius 2 is 2.00 bits per heavy atom. The zero-order valence-electron chi connectivity index (χ0n) is 12.0. The summed E-state index contributed by atoms with van der Waals surface area (Å²) in [6, 6.07) is 3.82. The number of rotatable bonds is 8. The van der Waals surface area contributed by atoms with Crippen LogP contribution in [0.25, 0.3) is 0 Å². The molecule has 0 fully saturated rings. The third-order valence-corrected chi connectivity index (χ3v) is 3.61. The standard InChI is InChI=1S/C16H25NO2/c1-3-4-6-13(7-5-8-17)14-9-12(2)16(19)15(10-14)11-18/h9-11,13,19H,3-8,17H2,1-2H3. The molecule has 0 spiro atoms. The van der Waals surface area contributed by atoms with Gasteiger partial charge in [-0.25, -0.2) is 0 Å². The Balaban J connectivity index is 2.99. The normalized spacial score (nSPS) is 12.4. The highest BCUT2D eigenvalue weighted by Crippen LogP contribution is 2.32. The number of carbonyl (C=O) groups excluding carboxylic acids is 1. The van der Waals surface area contributed by atoms with Gasteiger partial charge in [-0.05, 0) is 55.8 Å². The Bertz CT molecular complexity index is 407. The lowest BCUT2D eigenvalue weighted by molar-refractivity contribution is 0.112. The Morgan fingerprint density at radius 1 is 1.32 bits per heavy atom. The van der Waals surface area contributed by atoms with E-state index in [1.165, 1.54) is 6.42 Å². The van der Waals surface area contributed by atoms with Gasteiger partial charge in [0.05, 0.1) is 5.56 Å². The van der Waals surface area contributed by atoms with Crippen molar-refractivity contribution in [2.45, 2.75) is 51.9 Å². The summed E-state index contributed by atoms with van der Waals surface area (Å²) < 4.78 is 0. The number of hydrogen-bond acceptors (Lipinski definition) is 3. The van der Waals surface area contributed by atoms with Crippen molar-refractivity contribution < 1.29 is 9.90 Å². The molecule has 1 aromatic carbocycles. The minimum Gasteiger partial charge on any atom is -0.507 e. The third-order valence-electron chi connectivity index (χ3n) is 3.61. The van der Waals surface area contributed by atoms with E-state index in [0.717, 1.165) is 43.1 Å². The SMILES string of the molecule is CCCCC(CCCN)c1cc(C)c(O)c(C=O)c1. The van der Waals surface area contributed by atoms with Crippen molar-refractivity contribution in [1.82, 2.24) is 0 Å². The lowest BCUT2D eigenvalue weighted by Gasteiger charge is -2.18. The van der Waals surface area contributed by atoms with E-state index in [2.05, 4.69) is 6.92 Å². The van der Waals surface area contributed by atoms with Crippen LogP contribution in [-0.2, 0) is 0 Å². The van der Waals surface area contributed by atoms with Crippen LogP contribution in [0.5, 0.6) is 5.75 Å². The number of aldehydes is 1. The Kier molecular flexibility index (Phi) is 6.57. The molecular formula is C16H25NO2. The summed E-state index contributed by atoms with van der Waals surface area (Å²) in [5.74, 6) is 0.535. The number of unbranched alkanes of at least 4 members (excludes halogenated alkanes) is 1. The maximum absolute atomic E-state index is 11.0. The van der Waals surface area contributed by atoms with Crippen LogP contribution in [0.3, 0.4) is 0 Å². The first kappa shape index (κ1) is 15.7. The van der Waals surface area contributed by atoms with Crippen molar-refractivity contribution in [3.63, 3.8) is 0 Å². The summed E-state index contributed by atoms with van der Waals surface area (Å²) in [6.07, 6.45) is 6.21. The molecule has 1 unspecified atom stereocenters. The molecule has 1 atom stereocenters. The second-order valence-corrected chi connectivity index (χ2v) is 5.16. The number of benzene rings is 1. The second kappa shape index (κ2) is 7.95. The molecule has 1 aromatic rings. The fourth-order valence-electron chi connectivity index (χ4n) is 2.45. The zero-order chi connectivity index (χ0) is 14.3. The first-order valence-electron chi connectivity index (χ1n) is 7.12. The number of nitrogens with two attached hydrogens (primary N) is 1. The van der Waals surface area contributed by atoms with Gasteiger partial charge in [0.25, 0.3) is 0 Å². The van der Waals surface area contributed by atoms with E-state index in [0.29, 0.717) is 18.0 Å². The molecule has 106 valence electrons. The van der Waals surface area contributed by atoms with Crippen molar-refractivity contribution in [2.24, 2.45) is 5.73 Å². The Hall–Kier alpha value is -1.35. The lowest BCUT2D eigenvalue weighted by atomic mass is 9.87. The van der Waals surface area contributed by atoms with Crippen LogP contribution in [0.15, 0.2) is 12.1 Å². The molecule has 0 radical (unpaired) electrons. The number of aryl methyl sites for hydroxylation is 1. The van der Waals surface area contributed by atoms with E-state index < -0.39 is 0 Å². The first-order valence-corrected chi connectivity index (χ1v) is 7.12. The number of hydrogen-bond donors (Lipinski definition) is 2. The molecule has 0 aliphatic carbocycles. The average molecular weight is 263 g/mol. The monoisotopic (exact) mass is 263 g/mol. The summed E-state index contributed by atoms with van der Waals surface area (Å²) >= 11 is 0. The van der Waals surface area contributed by atoms with E-state index in [1.54, 1.807) is 0 Å². The number of phenols is 1. The lowest BCUT2D eigenvalue weighted by Crippen LogP contribution is -2.06. The summed E-state index contributed by atoms with van der Waals surface area (Å²) in [4.78, 5) is 11.0. The van der Waals surface area contributed by atoms with Crippen LogP contribution < -0.4 is 5.73 Å². The van der Waals surface area contributed by atoms with Crippen molar-refractivity contribution >= 4 is 6.29 Å². The number of aromatic hydroxyl groups is 1. The minimum atomic E-state index is 0.104. The van der Waals surface area contributed by atoms with E-state index in [4.69, 9.17) is 5.73 Å². The molecule has 0 aliphatic heterocycles. The van der Waals surface area contributed by atoms with Crippen molar-refractivity contribution in [3.8, 4) is 5.75 Å². The summed E-state index contributed by atoms with van der Waals surface area (Å²) in [6.45, 7) is 4.71. The molecule has 0 aromatic heterocycles. The topological polar surface area (TPSA) is 63.3 Å². The fourth-order valence-corrected chi connectivity index (χ4v) is 2.45. The van der Waals surface area contributed by atoms with Gasteiger partial charge in [0.15, 0.2) is 6.29 Å².